The highest BCUT2D eigenvalue weighted by Gasteiger charge is 2.35. The maximum Gasteiger partial charge on any atom is 0.330 e. The number of ether oxygens (including phenoxy) is 1. The second-order valence-corrected chi connectivity index (χ2v) is 4.13. The molecule has 0 amide bonds. The monoisotopic (exact) mass is 259 g/mol. The number of hydrogen-bond donors (Lipinski definition) is 1. The number of likely N-dealkylation sites (N-methyl/N-ethyl adjacent to an activating group) is 1. The summed E-state index contributed by atoms with van der Waals surface area (Å²) < 4.78 is 18.1. The Morgan fingerprint density at radius 2 is 2.24 bits per heavy atom. The number of nitrogens with one attached hydrogen (secondary N) is 1. The van der Waals surface area contributed by atoms with Gasteiger partial charge in [0.15, 0.2) is 0 Å². The van der Waals surface area contributed by atoms with Crippen LogP contribution >= 0.6 is 11.6 Å². The van der Waals surface area contributed by atoms with Crippen LogP contribution in [0.4, 0.5) is 4.39 Å². The van der Waals surface area contributed by atoms with Crippen LogP contribution in [-0.4, -0.2) is 19.6 Å². The molecule has 17 heavy (non-hydrogen) atoms. The Balaban J connectivity index is 3.15. The largest absolute Gasteiger partial charge is 0.464 e. The molecule has 94 valence electrons. The maximum absolute atomic E-state index is 13.1. The van der Waals surface area contributed by atoms with Crippen LogP contribution in [0.25, 0.3) is 0 Å². The Bertz CT molecular complexity index is 425. The molecule has 5 heteroatoms. The normalized spacial score (nSPS) is 14.2. The van der Waals surface area contributed by atoms with E-state index in [4.69, 9.17) is 16.3 Å². The summed E-state index contributed by atoms with van der Waals surface area (Å²) in [6.07, 6.45) is 0. The Kier molecular flexibility index (Phi) is 4.48. The van der Waals surface area contributed by atoms with Crippen molar-refractivity contribution in [2.75, 3.05) is 13.7 Å². The van der Waals surface area contributed by atoms with E-state index in [1.807, 2.05) is 0 Å². The van der Waals surface area contributed by atoms with Gasteiger partial charge in [-0.3, -0.25) is 0 Å². The summed E-state index contributed by atoms with van der Waals surface area (Å²) in [5, 5.41) is 2.85. The number of hydrogen-bond acceptors (Lipinski definition) is 3. The van der Waals surface area contributed by atoms with Crippen LogP contribution in [0.3, 0.4) is 0 Å². The zero-order valence-corrected chi connectivity index (χ0v) is 10.8. The summed E-state index contributed by atoms with van der Waals surface area (Å²) in [7, 11) is 1.63. The molecule has 0 radical (unpaired) electrons. The third kappa shape index (κ3) is 2.76. The molecule has 3 nitrogen and oxygen atoms in total. The average molecular weight is 260 g/mol. The molecule has 0 heterocycles. The van der Waals surface area contributed by atoms with Crippen molar-refractivity contribution in [3.05, 3.63) is 34.6 Å². The first-order chi connectivity index (χ1) is 7.95. The Morgan fingerprint density at radius 3 is 2.71 bits per heavy atom. The molecule has 1 aromatic carbocycles. The molecule has 0 saturated heterocycles. The molecule has 0 bridgehead atoms. The molecule has 1 N–H and O–H groups in total. The number of carbonyl (C=O) groups is 1. The van der Waals surface area contributed by atoms with Crippen LogP contribution in [0.5, 0.6) is 0 Å². The molecule has 0 spiro atoms. The molecule has 1 unspecified atom stereocenters. The van der Waals surface area contributed by atoms with Gasteiger partial charge in [0.1, 0.15) is 11.4 Å². The summed E-state index contributed by atoms with van der Waals surface area (Å²) in [6, 6.07) is 4.16. The first-order valence-corrected chi connectivity index (χ1v) is 5.65. The van der Waals surface area contributed by atoms with Crippen molar-refractivity contribution in [3.8, 4) is 0 Å². The second kappa shape index (κ2) is 5.47. The molecule has 0 aliphatic carbocycles. The standard InChI is InChI=1S/C12H15ClFNO2/c1-4-17-11(16)12(2,15-3)8-5-6-10(14)9(13)7-8/h5-7,15H,4H2,1-3H3. The molecule has 0 aliphatic heterocycles. The molecule has 0 aliphatic rings. The quantitative estimate of drug-likeness (QED) is 0.845. The van der Waals surface area contributed by atoms with Gasteiger partial charge in [0.05, 0.1) is 11.6 Å². The van der Waals surface area contributed by atoms with Gasteiger partial charge in [0.25, 0.3) is 0 Å². The van der Waals surface area contributed by atoms with Crippen molar-refractivity contribution < 1.29 is 13.9 Å². The number of esters is 1. The fourth-order valence-electron chi connectivity index (χ4n) is 1.45. The number of rotatable bonds is 4. The number of halogens is 2. The van der Waals surface area contributed by atoms with Crippen molar-refractivity contribution in [2.24, 2.45) is 0 Å². The van der Waals surface area contributed by atoms with E-state index in [1.165, 1.54) is 18.2 Å². The lowest BCUT2D eigenvalue weighted by molar-refractivity contribution is -0.150. The highest BCUT2D eigenvalue weighted by molar-refractivity contribution is 6.30. The summed E-state index contributed by atoms with van der Waals surface area (Å²) in [6.45, 7) is 3.67. The summed E-state index contributed by atoms with van der Waals surface area (Å²) in [5.74, 6) is -0.942. The van der Waals surface area contributed by atoms with E-state index in [0.29, 0.717) is 5.56 Å². The molecule has 1 rings (SSSR count). The second-order valence-electron chi connectivity index (χ2n) is 3.72. The molecule has 1 atom stereocenters. The lowest BCUT2D eigenvalue weighted by atomic mass is 9.92. The van der Waals surface area contributed by atoms with Gasteiger partial charge in [-0.05, 0) is 38.6 Å². The third-order valence-corrected chi connectivity index (χ3v) is 2.97. The summed E-state index contributed by atoms with van der Waals surface area (Å²) in [4.78, 5) is 11.9. The van der Waals surface area contributed by atoms with Crippen LogP contribution in [0.15, 0.2) is 18.2 Å². The van der Waals surface area contributed by atoms with E-state index in [9.17, 15) is 9.18 Å². The highest BCUT2D eigenvalue weighted by Crippen LogP contribution is 2.26. The summed E-state index contributed by atoms with van der Waals surface area (Å²) in [5.41, 5.74) is -0.474. The van der Waals surface area contributed by atoms with Crippen LogP contribution in [0.1, 0.15) is 19.4 Å². The van der Waals surface area contributed by atoms with Crippen molar-refractivity contribution in [1.82, 2.24) is 5.32 Å². The van der Waals surface area contributed by atoms with Crippen molar-refractivity contribution in [2.45, 2.75) is 19.4 Å². The van der Waals surface area contributed by atoms with E-state index in [2.05, 4.69) is 5.32 Å². The average Bonchev–Trinajstić information content (AvgIpc) is 2.32. The van der Waals surface area contributed by atoms with Crippen LogP contribution in [0.2, 0.25) is 5.02 Å². The predicted molar refractivity (Wildman–Crippen MR) is 64.5 cm³/mol. The highest BCUT2D eigenvalue weighted by atomic mass is 35.5. The van der Waals surface area contributed by atoms with Gasteiger partial charge in [-0.15, -0.1) is 0 Å². The van der Waals surface area contributed by atoms with Crippen LogP contribution in [-0.2, 0) is 15.1 Å². The van der Waals surface area contributed by atoms with Gasteiger partial charge in [-0.25, -0.2) is 9.18 Å². The zero-order chi connectivity index (χ0) is 13.1. The molecule has 0 fully saturated rings. The van der Waals surface area contributed by atoms with E-state index < -0.39 is 17.3 Å². The number of carbonyl (C=O) groups excluding carboxylic acids is 1. The van der Waals surface area contributed by atoms with Gasteiger partial charge < -0.3 is 10.1 Å². The fraction of sp³-hybridized carbons (Fsp3) is 0.417. The SMILES string of the molecule is CCOC(=O)C(C)(NC)c1ccc(F)c(Cl)c1. The third-order valence-electron chi connectivity index (χ3n) is 2.68. The first-order valence-electron chi connectivity index (χ1n) is 5.27. The van der Waals surface area contributed by atoms with Gasteiger partial charge in [-0.1, -0.05) is 17.7 Å². The first kappa shape index (κ1) is 13.9. The number of benzene rings is 1. The van der Waals surface area contributed by atoms with E-state index in [0.717, 1.165) is 0 Å². The summed E-state index contributed by atoms with van der Waals surface area (Å²) >= 11 is 5.70. The lowest BCUT2D eigenvalue weighted by Crippen LogP contribution is -2.45. The van der Waals surface area contributed by atoms with Gasteiger partial charge in [-0.2, -0.15) is 0 Å². The molecular weight excluding hydrogens is 245 g/mol. The lowest BCUT2D eigenvalue weighted by Gasteiger charge is -2.27. The molecule has 0 aromatic heterocycles. The van der Waals surface area contributed by atoms with Gasteiger partial charge in [0, 0.05) is 0 Å². The topological polar surface area (TPSA) is 38.3 Å². The van der Waals surface area contributed by atoms with Crippen LogP contribution < -0.4 is 5.32 Å². The zero-order valence-electron chi connectivity index (χ0n) is 10.0. The van der Waals surface area contributed by atoms with Gasteiger partial charge >= 0.3 is 5.97 Å². The minimum absolute atomic E-state index is 0.0201. The smallest absolute Gasteiger partial charge is 0.330 e. The molecule has 1 aromatic rings. The molecular formula is C12H15ClFNO2. The fourth-order valence-corrected chi connectivity index (χ4v) is 1.63. The van der Waals surface area contributed by atoms with Crippen molar-refractivity contribution >= 4 is 17.6 Å². The Hall–Kier alpha value is -1.13. The van der Waals surface area contributed by atoms with E-state index >= 15 is 0 Å². The van der Waals surface area contributed by atoms with Gasteiger partial charge in [0.2, 0.25) is 0 Å². The predicted octanol–water partition coefficient (Wildman–Crippen LogP) is 2.48. The van der Waals surface area contributed by atoms with E-state index in [1.54, 1.807) is 20.9 Å². The Morgan fingerprint density at radius 1 is 1.59 bits per heavy atom. The van der Waals surface area contributed by atoms with Crippen molar-refractivity contribution in [1.29, 1.82) is 0 Å². The minimum atomic E-state index is -1.03. The molecule has 0 saturated carbocycles. The maximum atomic E-state index is 13.1. The van der Waals surface area contributed by atoms with Crippen LogP contribution in [0, 0.1) is 5.82 Å². The Labute approximate surface area is 105 Å². The van der Waals surface area contributed by atoms with E-state index in [-0.39, 0.29) is 11.6 Å². The minimum Gasteiger partial charge on any atom is -0.464 e. The van der Waals surface area contributed by atoms with Crippen molar-refractivity contribution in [3.63, 3.8) is 0 Å².